The fourth-order valence-corrected chi connectivity index (χ4v) is 4.52. The van der Waals surface area contributed by atoms with Crippen LogP contribution in [0.5, 0.6) is 0 Å². The van der Waals surface area contributed by atoms with Crippen LogP contribution in [0.25, 0.3) is 11.3 Å². The predicted molar refractivity (Wildman–Crippen MR) is 128 cm³/mol. The van der Waals surface area contributed by atoms with Gasteiger partial charge in [0.15, 0.2) is 0 Å². The van der Waals surface area contributed by atoms with Gasteiger partial charge in [-0.3, -0.25) is 4.79 Å². The van der Waals surface area contributed by atoms with Crippen LogP contribution in [0.15, 0.2) is 54.7 Å². The maximum Gasteiger partial charge on any atom is 0.409 e. The molecule has 3 aromatic rings. The van der Waals surface area contributed by atoms with Gasteiger partial charge in [-0.25, -0.2) is 18.6 Å². The highest BCUT2D eigenvalue weighted by Gasteiger charge is 2.43. The number of aliphatic hydroxyl groups is 1. The summed E-state index contributed by atoms with van der Waals surface area (Å²) < 4.78 is 35.2. The summed E-state index contributed by atoms with van der Waals surface area (Å²) in [4.78, 5) is 32.4. The highest BCUT2D eigenvalue weighted by Crippen LogP contribution is 2.36. The molecule has 10 heteroatoms. The molecule has 2 amide bonds. The molecule has 4 rings (SSSR count). The Hall–Kier alpha value is -3.79. The minimum absolute atomic E-state index is 0.00360. The number of aromatic nitrogens is 2. The molecule has 2 aromatic carbocycles. The van der Waals surface area contributed by atoms with E-state index in [2.05, 4.69) is 4.98 Å². The van der Waals surface area contributed by atoms with Gasteiger partial charge in [-0.15, -0.1) is 0 Å². The normalized spacial score (nSPS) is 15.2. The number of imidazole rings is 1. The first-order valence-electron chi connectivity index (χ1n) is 11.5. The standard InChI is InChI=1S/C26H28F2N4O4/c1-16(33)25(34)30(2)23(18-13-32(14-18)26(35)36-3)24-29-22(20-11-19(27)9-10-21(20)28)15-31(24)12-17-7-5-4-6-8-17/h4-11,15-16,18,23,33H,12-14H2,1-3H3/t16-,23?/m0/s1. The molecule has 0 aliphatic carbocycles. The van der Waals surface area contributed by atoms with E-state index in [1.54, 1.807) is 17.8 Å². The number of halogens is 2. The highest BCUT2D eigenvalue weighted by molar-refractivity contribution is 5.80. The molecule has 2 atom stereocenters. The SMILES string of the molecule is COC(=O)N1CC(C(c2nc(-c3cc(F)ccc3F)cn2Cc2ccccc2)N(C)C(=O)[C@H](C)O)C1. The number of rotatable bonds is 7. The molecule has 36 heavy (non-hydrogen) atoms. The lowest BCUT2D eigenvalue weighted by Crippen LogP contribution is -2.56. The van der Waals surface area contributed by atoms with Crippen LogP contribution in [0.1, 0.15) is 24.4 Å². The maximum absolute atomic E-state index is 14.7. The second-order valence-corrected chi connectivity index (χ2v) is 8.93. The Labute approximate surface area is 207 Å². The number of likely N-dealkylation sites (tertiary alicyclic amines) is 1. The molecule has 1 fully saturated rings. The molecule has 190 valence electrons. The van der Waals surface area contributed by atoms with E-state index >= 15 is 0 Å². The van der Waals surface area contributed by atoms with Crippen molar-refractivity contribution >= 4 is 12.0 Å². The number of ether oxygens (including phenoxy) is 1. The fraction of sp³-hybridized carbons (Fsp3) is 0.346. The molecule has 8 nitrogen and oxygen atoms in total. The highest BCUT2D eigenvalue weighted by atomic mass is 19.1. The zero-order chi connectivity index (χ0) is 26.0. The lowest BCUT2D eigenvalue weighted by Gasteiger charge is -2.45. The molecule has 1 aliphatic heterocycles. The van der Waals surface area contributed by atoms with E-state index in [0.717, 1.165) is 23.8 Å². The van der Waals surface area contributed by atoms with E-state index < -0.39 is 35.8 Å². The molecule has 1 aliphatic rings. The van der Waals surface area contributed by atoms with Crippen LogP contribution in [0.2, 0.25) is 0 Å². The summed E-state index contributed by atoms with van der Waals surface area (Å²) in [6.45, 7) is 2.34. The Morgan fingerprint density at radius 1 is 1.19 bits per heavy atom. The largest absolute Gasteiger partial charge is 0.453 e. The van der Waals surface area contributed by atoms with Gasteiger partial charge in [0, 0.05) is 44.4 Å². The number of carbonyl (C=O) groups is 2. The fourth-order valence-electron chi connectivity index (χ4n) is 4.52. The van der Waals surface area contributed by atoms with Gasteiger partial charge in [0.2, 0.25) is 0 Å². The second kappa shape index (κ2) is 10.4. The molecule has 1 N–H and O–H groups in total. The predicted octanol–water partition coefficient (Wildman–Crippen LogP) is 3.46. The van der Waals surface area contributed by atoms with Gasteiger partial charge in [-0.2, -0.15) is 0 Å². The molecule has 0 radical (unpaired) electrons. The topological polar surface area (TPSA) is 87.9 Å². The zero-order valence-electron chi connectivity index (χ0n) is 20.3. The zero-order valence-corrected chi connectivity index (χ0v) is 20.3. The Bertz CT molecular complexity index is 1240. The van der Waals surface area contributed by atoms with Gasteiger partial charge in [0.05, 0.1) is 18.8 Å². The third kappa shape index (κ3) is 5.08. The van der Waals surface area contributed by atoms with E-state index in [4.69, 9.17) is 4.74 Å². The number of hydrogen-bond acceptors (Lipinski definition) is 5. The maximum atomic E-state index is 14.7. The van der Waals surface area contributed by atoms with E-state index in [1.807, 2.05) is 30.3 Å². The summed E-state index contributed by atoms with van der Waals surface area (Å²) in [6, 6.07) is 12.0. The first-order chi connectivity index (χ1) is 17.2. The van der Waals surface area contributed by atoms with Crippen molar-refractivity contribution in [2.75, 3.05) is 27.2 Å². The lowest BCUT2D eigenvalue weighted by atomic mass is 9.89. The Morgan fingerprint density at radius 2 is 1.89 bits per heavy atom. The first-order valence-corrected chi connectivity index (χ1v) is 11.5. The average molecular weight is 499 g/mol. The van der Waals surface area contributed by atoms with Gasteiger partial charge in [0.1, 0.15) is 23.6 Å². The molecular weight excluding hydrogens is 470 g/mol. The first kappa shape index (κ1) is 25.3. The number of likely N-dealkylation sites (N-methyl/N-ethyl adjacent to an activating group) is 1. The van der Waals surface area contributed by atoms with Crippen molar-refractivity contribution in [3.8, 4) is 11.3 Å². The van der Waals surface area contributed by atoms with Crippen LogP contribution in [-0.4, -0.2) is 69.8 Å². The number of nitrogens with zero attached hydrogens (tertiary/aromatic N) is 4. The van der Waals surface area contributed by atoms with E-state index in [0.29, 0.717) is 25.5 Å². The lowest BCUT2D eigenvalue weighted by molar-refractivity contribution is -0.143. The summed E-state index contributed by atoms with van der Waals surface area (Å²) >= 11 is 0. The van der Waals surface area contributed by atoms with Crippen LogP contribution in [-0.2, 0) is 16.1 Å². The smallest absolute Gasteiger partial charge is 0.409 e. The van der Waals surface area contributed by atoms with Gasteiger partial charge in [0.25, 0.3) is 5.91 Å². The van der Waals surface area contributed by atoms with Crippen molar-refractivity contribution in [3.05, 3.63) is 77.8 Å². The summed E-state index contributed by atoms with van der Waals surface area (Å²) in [5.74, 6) is -1.54. The Kier molecular flexibility index (Phi) is 7.35. The van der Waals surface area contributed by atoms with Gasteiger partial charge >= 0.3 is 6.09 Å². The van der Waals surface area contributed by atoms with Crippen LogP contribution in [0.4, 0.5) is 13.6 Å². The quantitative estimate of drug-likeness (QED) is 0.539. The minimum atomic E-state index is -1.26. The third-order valence-corrected chi connectivity index (χ3v) is 6.38. The van der Waals surface area contributed by atoms with E-state index in [1.165, 1.54) is 23.8 Å². The van der Waals surface area contributed by atoms with Crippen LogP contribution in [0, 0.1) is 17.6 Å². The average Bonchev–Trinajstić information content (AvgIpc) is 3.24. The summed E-state index contributed by atoms with van der Waals surface area (Å²) in [5, 5.41) is 10.00. The molecule has 0 spiro atoms. The van der Waals surface area contributed by atoms with Crippen molar-refractivity contribution in [2.24, 2.45) is 5.92 Å². The van der Waals surface area contributed by atoms with Crippen molar-refractivity contribution in [2.45, 2.75) is 25.6 Å². The van der Waals surface area contributed by atoms with E-state index in [9.17, 15) is 23.5 Å². The third-order valence-electron chi connectivity index (χ3n) is 6.38. The molecule has 1 unspecified atom stereocenters. The number of amides is 2. The van der Waals surface area contributed by atoms with Crippen molar-refractivity contribution in [1.29, 1.82) is 0 Å². The van der Waals surface area contributed by atoms with Crippen molar-refractivity contribution in [3.63, 3.8) is 0 Å². The monoisotopic (exact) mass is 498 g/mol. The summed E-state index contributed by atoms with van der Waals surface area (Å²) in [7, 11) is 2.85. The van der Waals surface area contributed by atoms with Crippen molar-refractivity contribution in [1.82, 2.24) is 19.4 Å². The van der Waals surface area contributed by atoms with Gasteiger partial charge < -0.3 is 24.2 Å². The second-order valence-electron chi connectivity index (χ2n) is 8.93. The number of aliphatic hydroxyl groups excluding tert-OH is 1. The number of benzene rings is 2. The van der Waals surface area contributed by atoms with Gasteiger partial charge in [-0.1, -0.05) is 30.3 Å². The van der Waals surface area contributed by atoms with Crippen molar-refractivity contribution < 1.29 is 28.2 Å². The number of hydrogen-bond donors (Lipinski definition) is 1. The minimum Gasteiger partial charge on any atom is -0.453 e. The van der Waals surface area contributed by atoms with Crippen LogP contribution >= 0.6 is 0 Å². The Balaban J connectivity index is 1.80. The van der Waals surface area contributed by atoms with Gasteiger partial charge in [-0.05, 0) is 30.7 Å². The molecule has 2 heterocycles. The Morgan fingerprint density at radius 3 is 2.53 bits per heavy atom. The molecule has 1 saturated heterocycles. The van der Waals surface area contributed by atoms with Crippen LogP contribution in [0.3, 0.4) is 0 Å². The molecule has 0 bridgehead atoms. The summed E-state index contributed by atoms with van der Waals surface area (Å²) in [5.41, 5.74) is 1.15. The molecular formula is C26H28F2N4O4. The number of carbonyl (C=O) groups excluding carboxylic acids is 2. The molecule has 1 aromatic heterocycles. The van der Waals surface area contributed by atoms with E-state index in [-0.39, 0.29) is 17.2 Å². The van der Waals surface area contributed by atoms with Crippen LogP contribution < -0.4 is 0 Å². The number of methoxy groups -OCH3 is 1. The molecule has 0 saturated carbocycles. The summed E-state index contributed by atoms with van der Waals surface area (Å²) in [6.07, 6.45) is -0.110.